The van der Waals surface area contributed by atoms with Gasteiger partial charge in [0.25, 0.3) is 0 Å². The Morgan fingerprint density at radius 3 is 3.00 bits per heavy atom. The number of fused-ring (bicyclic) bond motifs is 2. The molecule has 0 saturated carbocycles. The first-order valence-electron chi connectivity index (χ1n) is 7.76. The summed E-state index contributed by atoms with van der Waals surface area (Å²) < 4.78 is 0. The van der Waals surface area contributed by atoms with E-state index in [0.717, 1.165) is 19.4 Å². The van der Waals surface area contributed by atoms with E-state index in [1.54, 1.807) is 0 Å². The molecule has 1 unspecified atom stereocenters. The average Bonchev–Trinajstić information content (AvgIpc) is 3.15. The fraction of sp³-hybridized carbons (Fsp3) is 0.471. The highest BCUT2D eigenvalue weighted by Crippen LogP contribution is 2.35. The van der Waals surface area contributed by atoms with E-state index in [9.17, 15) is 0 Å². The van der Waals surface area contributed by atoms with Gasteiger partial charge in [0.15, 0.2) is 0 Å². The van der Waals surface area contributed by atoms with Gasteiger partial charge < -0.3 is 10.2 Å². The van der Waals surface area contributed by atoms with Crippen LogP contribution in [0.25, 0.3) is 0 Å². The van der Waals surface area contributed by atoms with Crippen molar-refractivity contribution in [2.75, 3.05) is 25.5 Å². The van der Waals surface area contributed by atoms with E-state index in [-0.39, 0.29) is 6.04 Å². The molecule has 0 fully saturated rings. The molecule has 0 spiro atoms. The first kappa shape index (κ1) is 13.3. The zero-order valence-corrected chi connectivity index (χ0v) is 13.5. The molecule has 1 aliphatic carbocycles. The lowest BCUT2D eigenvalue weighted by Gasteiger charge is -2.17. The number of anilines is 1. The van der Waals surface area contributed by atoms with E-state index >= 15 is 0 Å². The minimum Gasteiger partial charge on any atom is -0.374 e. The number of nitrogens with one attached hydrogen (secondary N) is 1. The van der Waals surface area contributed by atoms with Crippen molar-refractivity contribution in [3.8, 4) is 0 Å². The Bertz CT molecular complexity index is 655. The second kappa shape index (κ2) is 5.11. The largest absolute Gasteiger partial charge is 0.374 e. The molecule has 4 rings (SSSR count). The van der Waals surface area contributed by atoms with E-state index in [4.69, 9.17) is 4.98 Å². The summed E-state index contributed by atoms with van der Waals surface area (Å²) in [7, 11) is 4.21. The summed E-state index contributed by atoms with van der Waals surface area (Å²) in [6, 6.07) is 7.13. The molecular formula is C17H21N3S. The van der Waals surface area contributed by atoms with Crippen LogP contribution in [0.15, 0.2) is 18.2 Å². The van der Waals surface area contributed by atoms with Crippen LogP contribution in [-0.2, 0) is 19.3 Å². The first-order valence-corrected chi connectivity index (χ1v) is 8.57. The number of likely N-dealkylation sites (N-methyl/N-ethyl adjacent to an activating group) is 1. The predicted molar refractivity (Wildman–Crippen MR) is 88.5 cm³/mol. The molecule has 0 saturated heterocycles. The second-order valence-electron chi connectivity index (χ2n) is 6.06. The molecule has 21 heavy (non-hydrogen) atoms. The van der Waals surface area contributed by atoms with E-state index in [2.05, 4.69) is 35.5 Å². The summed E-state index contributed by atoms with van der Waals surface area (Å²) in [6.45, 7) is 1.13. The van der Waals surface area contributed by atoms with E-state index in [0.29, 0.717) is 0 Å². The van der Waals surface area contributed by atoms with Crippen molar-refractivity contribution in [2.24, 2.45) is 0 Å². The van der Waals surface area contributed by atoms with Crippen LogP contribution in [0.3, 0.4) is 0 Å². The molecule has 2 aromatic rings. The quantitative estimate of drug-likeness (QED) is 0.944. The number of aryl methyl sites for hydroxylation is 2. The average molecular weight is 299 g/mol. The lowest BCUT2D eigenvalue weighted by Crippen LogP contribution is -2.18. The predicted octanol–water partition coefficient (Wildman–Crippen LogP) is 2.93. The van der Waals surface area contributed by atoms with Crippen molar-refractivity contribution in [3.63, 3.8) is 0 Å². The molecule has 1 atom stereocenters. The number of thiazole rings is 1. The number of hydrogen-bond acceptors (Lipinski definition) is 4. The standard InChI is InChI=1S/C17H21N3S/c1-18-16(17-19-13-4-3-5-15(13)21-17)12-6-7-14-11(10-12)8-9-20(14)2/h6-7,10,16,18H,3-5,8-9H2,1-2H3. The van der Waals surface area contributed by atoms with Gasteiger partial charge in [-0.25, -0.2) is 4.98 Å². The van der Waals surface area contributed by atoms with Crippen molar-refractivity contribution in [3.05, 3.63) is 44.9 Å². The molecule has 110 valence electrons. The molecule has 4 heteroatoms. The first-order chi connectivity index (χ1) is 10.3. The SMILES string of the molecule is CNC(c1ccc2c(c1)CCN2C)c1nc2c(s1)CCC2. The molecule has 1 aliphatic heterocycles. The van der Waals surface area contributed by atoms with Crippen molar-refractivity contribution in [1.82, 2.24) is 10.3 Å². The van der Waals surface area contributed by atoms with Gasteiger partial charge in [0.05, 0.1) is 11.7 Å². The van der Waals surface area contributed by atoms with Gasteiger partial charge in [-0.15, -0.1) is 11.3 Å². The fourth-order valence-corrected chi connectivity index (χ4v) is 4.82. The molecule has 2 aliphatic rings. The lowest BCUT2D eigenvalue weighted by atomic mass is 10.0. The lowest BCUT2D eigenvalue weighted by molar-refractivity contribution is 0.682. The van der Waals surface area contributed by atoms with E-state index in [1.807, 2.05) is 18.4 Å². The zero-order valence-electron chi connectivity index (χ0n) is 12.6. The number of rotatable bonds is 3. The van der Waals surface area contributed by atoms with Gasteiger partial charge in [0, 0.05) is 24.2 Å². The minimum atomic E-state index is 0.233. The van der Waals surface area contributed by atoms with Gasteiger partial charge in [0.2, 0.25) is 0 Å². The van der Waals surface area contributed by atoms with E-state index < -0.39 is 0 Å². The summed E-state index contributed by atoms with van der Waals surface area (Å²) in [5, 5.41) is 4.69. The maximum absolute atomic E-state index is 4.89. The van der Waals surface area contributed by atoms with Gasteiger partial charge in [-0.2, -0.15) is 0 Å². The third-order valence-corrected chi connectivity index (χ3v) is 5.93. The van der Waals surface area contributed by atoms with Crippen LogP contribution in [0.2, 0.25) is 0 Å². The highest BCUT2D eigenvalue weighted by atomic mass is 32.1. The molecule has 2 heterocycles. The van der Waals surface area contributed by atoms with Crippen LogP contribution in [0.1, 0.15) is 39.2 Å². The molecular weight excluding hydrogens is 278 g/mol. The topological polar surface area (TPSA) is 28.2 Å². The third kappa shape index (κ3) is 2.17. The number of aromatic nitrogens is 1. The highest BCUT2D eigenvalue weighted by Gasteiger charge is 2.24. The molecule has 1 aromatic carbocycles. The maximum atomic E-state index is 4.89. The van der Waals surface area contributed by atoms with Crippen LogP contribution in [0, 0.1) is 0 Å². The number of hydrogen-bond donors (Lipinski definition) is 1. The van der Waals surface area contributed by atoms with Crippen LogP contribution in [0.4, 0.5) is 5.69 Å². The summed E-state index contributed by atoms with van der Waals surface area (Å²) >= 11 is 1.90. The normalized spacial score (nSPS) is 17.9. The van der Waals surface area contributed by atoms with Crippen molar-refractivity contribution in [1.29, 1.82) is 0 Å². The Morgan fingerprint density at radius 2 is 2.19 bits per heavy atom. The van der Waals surface area contributed by atoms with Gasteiger partial charge in [-0.05, 0) is 49.9 Å². The molecule has 0 bridgehead atoms. The smallest absolute Gasteiger partial charge is 0.115 e. The van der Waals surface area contributed by atoms with Crippen LogP contribution in [0.5, 0.6) is 0 Å². The molecule has 3 nitrogen and oxygen atoms in total. The second-order valence-corrected chi connectivity index (χ2v) is 7.17. The summed E-state index contributed by atoms with van der Waals surface area (Å²) in [4.78, 5) is 8.74. The van der Waals surface area contributed by atoms with Gasteiger partial charge in [0.1, 0.15) is 5.01 Å². The summed E-state index contributed by atoms with van der Waals surface area (Å²) in [5.41, 5.74) is 5.55. The highest BCUT2D eigenvalue weighted by molar-refractivity contribution is 7.11. The van der Waals surface area contributed by atoms with Gasteiger partial charge >= 0.3 is 0 Å². The Hall–Kier alpha value is -1.39. The van der Waals surface area contributed by atoms with Crippen LogP contribution in [-0.4, -0.2) is 25.6 Å². The van der Waals surface area contributed by atoms with Crippen LogP contribution >= 0.6 is 11.3 Å². The number of nitrogens with zero attached hydrogens (tertiary/aromatic N) is 2. The fourth-order valence-electron chi connectivity index (χ4n) is 3.53. The zero-order chi connectivity index (χ0) is 14.4. The molecule has 0 amide bonds. The Morgan fingerprint density at radius 1 is 1.29 bits per heavy atom. The Labute approximate surface area is 130 Å². The minimum absolute atomic E-state index is 0.233. The van der Waals surface area contributed by atoms with Crippen molar-refractivity contribution >= 4 is 17.0 Å². The van der Waals surface area contributed by atoms with Crippen molar-refractivity contribution < 1.29 is 0 Å². The molecule has 0 radical (unpaired) electrons. The van der Waals surface area contributed by atoms with E-state index in [1.165, 1.54) is 45.2 Å². The number of benzene rings is 1. The Balaban J connectivity index is 1.69. The summed E-state index contributed by atoms with van der Waals surface area (Å²) in [5.74, 6) is 0. The third-order valence-electron chi connectivity index (χ3n) is 4.71. The summed E-state index contributed by atoms with van der Waals surface area (Å²) in [6.07, 6.45) is 4.82. The van der Waals surface area contributed by atoms with Crippen LogP contribution < -0.4 is 10.2 Å². The monoisotopic (exact) mass is 299 g/mol. The van der Waals surface area contributed by atoms with Gasteiger partial charge in [-0.1, -0.05) is 12.1 Å². The van der Waals surface area contributed by atoms with Gasteiger partial charge in [-0.3, -0.25) is 0 Å². The Kier molecular flexibility index (Phi) is 3.23. The molecule has 1 aromatic heterocycles. The van der Waals surface area contributed by atoms with Crippen molar-refractivity contribution in [2.45, 2.75) is 31.7 Å². The maximum Gasteiger partial charge on any atom is 0.115 e. The molecule has 1 N–H and O–H groups in total.